The zero-order chi connectivity index (χ0) is 48.8. The number of amides is 10. The highest BCUT2D eigenvalue weighted by Gasteiger charge is 2.38. The largest absolute Gasteiger partial charge is 0.481 e. The summed E-state index contributed by atoms with van der Waals surface area (Å²) in [7, 11) is 0. The maximum Gasteiger partial charge on any atom is 0.303 e. The van der Waals surface area contributed by atoms with Gasteiger partial charge in [-0.15, -0.1) is 0 Å². The summed E-state index contributed by atoms with van der Waals surface area (Å²) < 4.78 is 0. The van der Waals surface area contributed by atoms with E-state index in [4.69, 9.17) is 34.4 Å². The molecule has 8 atom stereocenters. The Kier molecular flexibility index (Phi) is 23.7. The van der Waals surface area contributed by atoms with Gasteiger partial charge in [-0.3, -0.25) is 57.7 Å². The first kappa shape index (κ1) is 55.4. The molecular weight excluding hydrogens is 848 g/mol. The zero-order valence-electron chi connectivity index (χ0n) is 36.1. The molecule has 0 aromatic carbocycles. The van der Waals surface area contributed by atoms with Crippen molar-refractivity contribution in [2.24, 2.45) is 45.3 Å². The van der Waals surface area contributed by atoms with Crippen molar-refractivity contribution in [2.45, 2.75) is 133 Å². The van der Waals surface area contributed by atoms with E-state index in [1.165, 1.54) is 6.92 Å². The molecule has 0 spiro atoms. The molecule has 27 heteroatoms. The van der Waals surface area contributed by atoms with Crippen molar-refractivity contribution < 1.29 is 63.0 Å². The Morgan fingerprint density at radius 2 is 1.16 bits per heavy atom. The summed E-state index contributed by atoms with van der Waals surface area (Å²) in [6.07, 6.45) is -1.84. The van der Waals surface area contributed by atoms with Crippen LogP contribution in [0.4, 0.5) is 0 Å². The highest BCUT2D eigenvalue weighted by Crippen LogP contribution is 2.19. The molecule has 0 aromatic rings. The standard InChI is InChI=1S/C37H64N14O13/c1-17(2)28(35(63)46-20(29(41)57)8-11-25(39)53)50-33(61)21(6-4-14-44-37(42)43)48-32(60)22(9-12-26(40)54)47-30(58)18(3)45-31(59)23(10-13-27(55)56)49-34(62)24-7-5-15-51(24)36(64)19(38)16-52/h17-24,28,52H,4-16,38H2,1-3H3,(H2,39,53)(H2,40,54)(H2,41,57)(H,45,59)(H,46,63)(H,47,58)(H,48,60)(H,49,62)(H,50,61)(H,55,56)(H4,42,43,44)/t18-,19-,20-,21-,22-,23-,24-,28-/m0/s1. The Labute approximate surface area is 368 Å². The van der Waals surface area contributed by atoms with Crippen molar-refractivity contribution in [1.29, 1.82) is 0 Å². The number of aliphatic hydroxyl groups excluding tert-OH is 1. The lowest BCUT2D eigenvalue weighted by Gasteiger charge is -2.28. The van der Waals surface area contributed by atoms with Gasteiger partial charge in [0.2, 0.25) is 59.1 Å². The lowest BCUT2D eigenvalue weighted by atomic mass is 10.0. The van der Waals surface area contributed by atoms with Crippen molar-refractivity contribution in [3.63, 3.8) is 0 Å². The second kappa shape index (κ2) is 27.4. The van der Waals surface area contributed by atoms with Gasteiger partial charge < -0.3 is 81.4 Å². The Balaban J connectivity index is 3.31. The van der Waals surface area contributed by atoms with E-state index < -0.39 is 152 Å². The topological polar surface area (TPSA) is 472 Å². The van der Waals surface area contributed by atoms with Crippen molar-refractivity contribution in [1.82, 2.24) is 36.8 Å². The van der Waals surface area contributed by atoms with Gasteiger partial charge >= 0.3 is 5.97 Å². The number of carbonyl (C=O) groups is 11. The van der Waals surface area contributed by atoms with Gasteiger partial charge in [0.25, 0.3) is 0 Å². The predicted octanol–water partition coefficient (Wildman–Crippen LogP) is -7.18. The highest BCUT2D eigenvalue weighted by atomic mass is 16.4. The minimum Gasteiger partial charge on any atom is -0.481 e. The fraction of sp³-hybridized carbons (Fsp3) is 0.676. The fourth-order valence-electron chi connectivity index (χ4n) is 6.30. The van der Waals surface area contributed by atoms with E-state index in [0.717, 1.165) is 4.90 Å². The zero-order valence-corrected chi connectivity index (χ0v) is 36.1. The molecule has 0 aliphatic carbocycles. The molecule has 27 nitrogen and oxygen atoms in total. The molecule has 1 aliphatic heterocycles. The summed E-state index contributed by atoms with van der Waals surface area (Å²) in [6, 6.07) is -11.0. The number of nitrogens with zero attached hydrogens (tertiary/aromatic N) is 2. The van der Waals surface area contributed by atoms with Crippen molar-refractivity contribution >= 4 is 71.0 Å². The second-order valence-corrected chi connectivity index (χ2v) is 15.5. The number of hydrogen-bond donors (Lipinski definition) is 14. The van der Waals surface area contributed by atoms with Crippen LogP contribution in [0.25, 0.3) is 0 Å². The number of aliphatic carboxylic acids is 1. The summed E-state index contributed by atoms with van der Waals surface area (Å²) in [5.41, 5.74) is 32.3. The van der Waals surface area contributed by atoms with Gasteiger partial charge in [-0.05, 0) is 57.8 Å². The molecule has 1 rings (SSSR count). The lowest BCUT2D eigenvalue weighted by molar-refractivity contribution is -0.141. The van der Waals surface area contributed by atoms with Crippen LogP contribution in [0, 0.1) is 5.92 Å². The molecule has 0 radical (unpaired) electrons. The van der Waals surface area contributed by atoms with Gasteiger partial charge in [0, 0.05) is 32.4 Å². The summed E-state index contributed by atoms with van der Waals surface area (Å²) in [4.78, 5) is 145. The minimum absolute atomic E-state index is 0.00187. The van der Waals surface area contributed by atoms with E-state index in [0.29, 0.717) is 6.42 Å². The van der Waals surface area contributed by atoms with Crippen LogP contribution in [-0.4, -0.2) is 154 Å². The molecule has 64 heavy (non-hydrogen) atoms. The van der Waals surface area contributed by atoms with E-state index in [1.807, 2.05) is 0 Å². The van der Waals surface area contributed by atoms with Crippen LogP contribution in [0.2, 0.25) is 0 Å². The van der Waals surface area contributed by atoms with Crippen molar-refractivity contribution in [3.05, 3.63) is 0 Å². The molecule has 1 fully saturated rings. The number of nitrogens with one attached hydrogen (secondary N) is 6. The Morgan fingerprint density at radius 1 is 0.656 bits per heavy atom. The number of carboxylic acid groups (broad SMARTS) is 1. The molecular formula is C37H64N14O13. The van der Waals surface area contributed by atoms with Crippen LogP contribution in [-0.2, 0) is 52.7 Å². The van der Waals surface area contributed by atoms with Crippen LogP contribution in [0.3, 0.4) is 0 Å². The van der Waals surface area contributed by atoms with Gasteiger partial charge in [-0.2, -0.15) is 0 Å². The van der Waals surface area contributed by atoms with E-state index in [1.54, 1.807) is 13.8 Å². The van der Waals surface area contributed by atoms with E-state index in [-0.39, 0.29) is 51.2 Å². The molecule has 0 saturated carbocycles. The number of rotatable bonds is 29. The first-order valence-corrected chi connectivity index (χ1v) is 20.5. The third-order valence-electron chi connectivity index (χ3n) is 9.86. The number of nitrogens with two attached hydrogens (primary N) is 6. The fourth-order valence-corrected chi connectivity index (χ4v) is 6.30. The molecule has 360 valence electrons. The molecule has 1 aliphatic rings. The number of guanidine groups is 1. The summed E-state index contributed by atoms with van der Waals surface area (Å²) in [5, 5.41) is 33.2. The maximum atomic E-state index is 13.8. The number of hydrogen-bond acceptors (Lipinski definition) is 14. The Hall–Kier alpha value is -6.64. The molecule has 20 N–H and O–H groups in total. The van der Waals surface area contributed by atoms with Crippen LogP contribution >= 0.6 is 0 Å². The van der Waals surface area contributed by atoms with Gasteiger partial charge in [0.15, 0.2) is 5.96 Å². The summed E-state index contributed by atoms with van der Waals surface area (Å²) in [6.45, 7) is 3.79. The number of aliphatic imine (C=N–C) groups is 1. The van der Waals surface area contributed by atoms with Crippen LogP contribution in [0.1, 0.15) is 85.0 Å². The van der Waals surface area contributed by atoms with E-state index >= 15 is 0 Å². The number of carboxylic acids is 1. The average molecular weight is 913 g/mol. The van der Waals surface area contributed by atoms with Gasteiger partial charge in [0.05, 0.1) is 6.61 Å². The number of carbonyl (C=O) groups excluding carboxylic acids is 10. The Bertz CT molecular complexity index is 1740. The molecule has 1 heterocycles. The lowest BCUT2D eigenvalue weighted by Crippen LogP contribution is -2.60. The summed E-state index contributed by atoms with van der Waals surface area (Å²) in [5.74, 6) is -11.1. The SMILES string of the molecule is CC(C)[C@H](NC(=O)[C@H](CCCN=C(N)N)NC(=O)[C@H](CCC(N)=O)NC(=O)[C@H](C)NC(=O)[C@H](CCC(=O)O)NC(=O)[C@@H]1CCCN1C(=O)[C@@H](N)CO)C(=O)N[C@@H](CCC(N)=O)C(N)=O. The average Bonchev–Trinajstić information content (AvgIpc) is 3.71. The third kappa shape index (κ3) is 19.6. The molecule has 0 bridgehead atoms. The molecule has 1 saturated heterocycles. The van der Waals surface area contributed by atoms with Gasteiger partial charge in [-0.25, -0.2) is 0 Å². The minimum atomic E-state index is -1.57. The number of likely N-dealkylation sites (tertiary alicyclic amines) is 1. The van der Waals surface area contributed by atoms with Crippen LogP contribution < -0.4 is 66.3 Å². The van der Waals surface area contributed by atoms with E-state index in [9.17, 15) is 63.0 Å². The quantitative estimate of drug-likeness (QED) is 0.0188. The summed E-state index contributed by atoms with van der Waals surface area (Å²) >= 11 is 0. The monoisotopic (exact) mass is 912 g/mol. The van der Waals surface area contributed by atoms with Crippen molar-refractivity contribution in [3.8, 4) is 0 Å². The first-order chi connectivity index (χ1) is 29.9. The Morgan fingerprint density at radius 3 is 1.69 bits per heavy atom. The van der Waals surface area contributed by atoms with E-state index in [2.05, 4.69) is 36.9 Å². The molecule has 0 aromatic heterocycles. The highest BCUT2D eigenvalue weighted by molar-refractivity contribution is 5.98. The van der Waals surface area contributed by atoms with Gasteiger partial charge in [-0.1, -0.05) is 13.8 Å². The molecule has 0 unspecified atom stereocenters. The van der Waals surface area contributed by atoms with Crippen LogP contribution in [0.5, 0.6) is 0 Å². The number of aliphatic hydroxyl groups is 1. The molecule has 10 amide bonds. The maximum absolute atomic E-state index is 13.8. The number of primary amides is 3. The first-order valence-electron chi connectivity index (χ1n) is 20.5. The smallest absolute Gasteiger partial charge is 0.303 e. The predicted molar refractivity (Wildman–Crippen MR) is 225 cm³/mol. The van der Waals surface area contributed by atoms with Crippen LogP contribution in [0.15, 0.2) is 4.99 Å². The van der Waals surface area contributed by atoms with Gasteiger partial charge in [0.1, 0.15) is 48.3 Å². The second-order valence-electron chi connectivity index (χ2n) is 15.5. The normalized spacial score (nSPS) is 16.6. The van der Waals surface area contributed by atoms with Crippen molar-refractivity contribution in [2.75, 3.05) is 19.7 Å². The third-order valence-corrected chi connectivity index (χ3v) is 9.86.